The molecule has 29 heavy (non-hydrogen) atoms. The van der Waals surface area contributed by atoms with Gasteiger partial charge in [-0.1, -0.05) is 40.2 Å². The maximum Gasteiger partial charge on any atom is 0.150 e. The van der Waals surface area contributed by atoms with Gasteiger partial charge in [0.25, 0.3) is 0 Å². The number of aldehydes is 2. The van der Waals surface area contributed by atoms with Gasteiger partial charge in [-0.3, -0.25) is 9.59 Å². The summed E-state index contributed by atoms with van der Waals surface area (Å²) in [6.07, 6.45) is 1.50. The second-order valence-corrected chi connectivity index (χ2v) is 6.13. The van der Waals surface area contributed by atoms with E-state index in [1.54, 1.807) is 30.3 Å². The maximum atomic E-state index is 10.5. The van der Waals surface area contributed by atoms with E-state index in [2.05, 4.69) is 15.9 Å². The molecule has 0 aromatic heterocycles. The van der Waals surface area contributed by atoms with E-state index in [4.69, 9.17) is 19.3 Å². The number of alkyl halides is 1. The van der Waals surface area contributed by atoms with Crippen molar-refractivity contribution in [1.29, 1.82) is 0 Å². The first-order chi connectivity index (χ1) is 14.1. The van der Waals surface area contributed by atoms with E-state index in [9.17, 15) is 9.59 Å². The van der Waals surface area contributed by atoms with Gasteiger partial charge in [0.15, 0.2) is 0 Å². The number of ether oxygens (including phenoxy) is 3. The Morgan fingerprint density at radius 1 is 0.862 bits per heavy atom. The van der Waals surface area contributed by atoms with Gasteiger partial charge in [-0.15, -0.1) is 0 Å². The van der Waals surface area contributed by atoms with Crippen molar-refractivity contribution < 1.29 is 28.9 Å². The van der Waals surface area contributed by atoms with E-state index >= 15 is 0 Å². The van der Waals surface area contributed by atoms with Gasteiger partial charge >= 0.3 is 0 Å². The zero-order chi connectivity index (χ0) is 21.7. The van der Waals surface area contributed by atoms with Gasteiger partial charge in [0.05, 0.1) is 13.2 Å². The van der Waals surface area contributed by atoms with Gasteiger partial charge < -0.3 is 19.3 Å². The van der Waals surface area contributed by atoms with E-state index in [0.717, 1.165) is 24.8 Å². The summed E-state index contributed by atoms with van der Waals surface area (Å²) in [6.45, 7) is 7.35. The molecule has 0 unspecified atom stereocenters. The van der Waals surface area contributed by atoms with E-state index in [0.29, 0.717) is 43.0 Å². The molecule has 0 saturated heterocycles. The predicted octanol–water partition coefficient (Wildman–Crippen LogP) is 4.54. The van der Waals surface area contributed by atoms with Crippen LogP contribution in [0.5, 0.6) is 11.5 Å². The molecule has 0 atom stereocenters. The zero-order valence-electron chi connectivity index (χ0n) is 16.9. The lowest BCUT2D eigenvalue weighted by Gasteiger charge is -2.05. The number of benzene rings is 2. The fourth-order valence-corrected chi connectivity index (χ4v) is 2.07. The number of hydrogen-bond donors (Lipinski definition) is 1. The van der Waals surface area contributed by atoms with Crippen LogP contribution in [0.1, 0.15) is 34.6 Å². The highest BCUT2D eigenvalue weighted by Crippen LogP contribution is 2.11. The molecule has 0 saturated carbocycles. The molecule has 0 fully saturated rings. The molecule has 0 amide bonds. The Kier molecular flexibility index (Phi) is 17.6. The van der Waals surface area contributed by atoms with Gasteiger partial charge in [0.1, 0.15) is 30.7 Å². The topological polar surface area (TPSA) is 82.1 Å². The first-order valence-electron chi connectivity index (χ1n) is 9.24. The second kappa shape index (κ2) is 19.1. The van der Waals surface area contributed by atoms with Gasteiger partial charge in [0, 0.05) is 29.7 Å². The minimum atomic E-state index is 0.125. The van der Waals surface area contributed by atoms with Crippen molar-refractivity contribution in [2.24, 2.45) is 0 Å². The Hall–Kier alpha value is -2.22. The second-order valence-electron chi connectivity index (χ2n) is 5.33. The van der Waals surface area contributed by atoms with Crippen molar-refractivity contribution in [1.82, 2.24) is 0 Å². The minimum absolute atomic E-state index is 0.125. The molecule has 0 spiro atoms. The van der Waals surface area contributed by atoms with Gasteiger partial charge in [0.2, 0.25) is 0 Å². The van der Waals surface area contributed by atoms with Crippen LogP contribution >= 0.6 is 15.9 Å². The Balaban J connectivity index is 0.000000448. The molecular weight excluding hydrogens is 440 g/mol. The lowest BCUT2D eigenvalue weighted by Crippen LogP contribution is -2.06. The first-order valence-corrected chi connectivity index (χ1v) is 10.4. The largest absolute Gasteiger partial charge is 0.508 e. The molecule has 2 aromatic carbocycles. The summed E-state index contributed by atoms with van der Waals surface area (Å²) in [5, 5.41) is 9.73. The summed E-state index contributed by atoms with van der Waals surface area (Å²) in [7, 11) is 0. The predicted molar refractivity (Wildman–Crippen MR) is 118 cm³/mol. The SMILES string of the molecule is CCOCCBr.CCOCCOc1cccc(C=O)c1.O=Cc1cccc(O)c1. The van der Waals surface area contributed by atoms with Gasteiger partial charge in [-0.25, -0.2) is 0 Å². The average Bonchev–Trinajstić information content (AvgIpc) is 2.76. The van der Waals surface area contributed by atoms with E-state index in [-0.39, 0.29) is 5.75 Å². The van der Waals surface area contributed by atoms with Crippen LogP contribution in [0.25, 0.3) is 0 Å². The fourth-order valence-electron chi connectivity index (χ4n) is 1.84. The lowest BCUT2D eigenvalue weighted by molar-refractivity contribution is 0.109. The fraction of sp³-hybridized carbons (Fsp3) is 0.364. The number of phenolic OH excluding ortho intramolecular Hbond substituents is 1. The third-order valence-electron chi connectivity index (χ3n) is 3.13. The summed E-state index contributed by atoms with van der Waals surface area (Å²) in [5.74, 6) is 0.828. The molecule has 0 bridgehead atoms. The highest BCUT2D eigenvalue weighted by Gasteiger charge is 1.95. The Bertz CT molecular complexity index is 674. The Morgan fingerprint density at radius 3 is 1.93 bits per heavy atom. The number of halogens is 1. The molecule has 0 aliphatic heterocycles. The van der Waals surface area contributed by atoms with Crippen molar-refractivity contribution in [3.63, 3.8) is 0 Å². The molecule has 0 heterocycles. The molecule has 0 aliphatic rings. The van der Waals surface area contributed by atoms with Gasteiger partial charge in [-0.05, 0) is 38.1 Å². The quantitative estimate of drug-likeness (QED) is 0.313. The molecule has 2 rings (SSSR count). The lowest BCUT2D eigenvalue weighted by atomic mass is 10.2. The Labute approximate surface area is 180 Å². The van der Waals surface area contributed by atoms with E-state index in [1.807, 2.05) is 19.9 Å². The third-order valence-corrected chi connectivity index (χ3v) is 3.45. The van der Waals surface area contributed by atoms with E-state index < -0.39 is 0 Å². The van der Waals surface area contributed by atoms with Crippen LogP contribution in [0.15, 0.2) is 48.5 Å². The summed E-state index contributed by atoms with van der Waals surface area (Å²) in [5.41, 5.74) is 1.12. The molecule has 0 radical (unpaired) electrons. The zero-order valence-corrected chi connectivity index (χ0v) is 18.5. The number of hydrogen-bond acceptors (Lipinski definition) is 6. The minimum Gasteiger partial charge on any atom is -0.508 e. The molecule has 160 valence electrons. The Morgan fingerprint density at radius 2 is 1.45 bits per heavy atom. The standard InChI is InChI=1S/C11H14O3.C7H6O2.C4H9BrO/c1-2-13-6-7-14-11-5-3-4-10(8-11)9-12;8-5-6-2-1-3-7(9)4-6;1-2-6-4-3-5/h3-5,8-9H,2,6-7H2,1H3;1-5,9H;2-4H2,1H3. The monoisotopic (exact) mass is 468 g/mol. The normalized spacial score (nSPS) is 9.34. The molecule has 0 aliphatic carbocycles. The molecule has 2 aromatic rings. The van der Waals surface area contributed by atoms with Gasteiger partial charge in [-0.2, -0.15) is 0 Å². The smallest absolute Gasteiger partial charge is 0.150 e. The van der Waals surface area contributed by atoms with Crippen LogP contribution in [-0.4, -0.2) is 56.0 Å². The van der Waals surface area contributed by atoms with Crippen LogP contribution in [0.4, 0.5) is 0 Å². The third kappa shape index (κ3) is 15.4. The molecule has 6 nitrogen and oxygen atoms in total. The summed E-state index contributed by atoms with van der Waals surface area (Å²) >= 11 is 3.23. The van der Waals surface area contributed by atoms with Crippen LogP contribution in [-0.2, 0) is 9.47 Å². The number of carbonyl (C=O) groups excluding carboxylic acids is 2. The number of phenols is 1. The summed E-state index contributed by atoms with van der Waals surface area (Å²) in [4.78, 5) is 20.5. The van der Waals surface area contributed by atoms with Crippen LogP contribution in [0, 0.1) is 0 Å². The van der Waals surface area contributed by atoms with E-state index in [1.165, 1.54) is 12.1 Å². The van der Waals surface area contributed by atoms with Crippen molar-refractivity contribution in [2.45, 2.75) is 13.8 Å². The number of carbonyl (C=O) groups is 2. The van der Waals surface area contributed by atoms with Crippen molar-refractivity contribution in [3.05, 3.63) is 59.7 Å². The molecular formula is C22H29BrO6. The summed E-state index contributed by atoms with van der Waals surface area (Å²) in [6, 6.07) is 13.2. The maximum absolute atomic E-state index is 10.5. The van der Waals surface area contributed by atoms with Crippen molar-refractivity contribution in [2.75, 3.05) is 38.4 Å². The number of rotatable bonds is 10. The molecule has 1 N–H and O–H groups in total. The van der Waals surface area contributed by atoms with Crippen molar-refractivity contribution >= 4 is 28.5 Å². The van der Waals surface area contributed by atoms with Crippen LogP contribution < -0.4 is 4.74 Å². The average molecular weight is 469 g/mol. The first kappa shape index (κ1) is 26.8. The van der Waals surface area contributed by atoms with Crippen molar-refractivity contribution in [3.8, 4) is 11.5 Å². The highest BCUT2D eigenvalue weighted by atomic mass is 79.9. The number of aromatic hydroxyl groups is 1. The highest BCUT2D eigenvalue weighted by molar-refractivity contribution is 9.09. The van der Waals surface area contributed by atoms with Crippen LogP contribution in [0.3, 0.4) is 0 Å². The molecule has 7 heteroatoms. The summed E-state index contributed by atoms with van der Waals surface area (Å²) < 4.78 is 15.4. The van der Waals surface area contributed by atoms with Crippen LogP contribution in [0.2, 0.25) is 0 Å².